The summed E-state index contributed by atoms with van der Waals surface area (Å²) in [6, 6.07) is 6.53. The Bertz CT molecular complexity index is 506. The van der Waals surface area contributed by atoms with E-state index in [9.17, 15) is 9.59 Å². The lowest BCUT2D eigenvalue weighted by Crippen LogP contribution is -2.46. The van der Waals surface area contributed by atoms with Crippen molar-refractivity contribution in [1.29, 1.82) is 0 Å². The number of carbonyl (C=O) groups excluding carboxylic acids is 2. The van der Waals surface area contributed by atoms with E-state index in [1.165, 1.54) is 14.2 Å². The Kier molecular flexibility index (Phi) is 7.18. The summed E-state index contributed by atoms with van der Waals surface area (Å²) >= 11 is 0. The first kappa shape index (κ1) is 17.8. The van der Waals surface area contributed by atoms with Gasteiger partial charge in [-0.1, -0.05) is 12.1 Å². The van der Waals surface area contributed by atoms with E-state index in [4.69, 9.17) is 14.2 Å². The number of para-hydroxylation sites is 2. The summed E-state index contributed by atoms with van der Waals surface area (Å²) < 4.78 is 15.3. The Labute approximate surface area is 130 Å². The number of anilines is 1. The van der Waals surface area contributed by atoms with Crippen molar-refractivity contribution < 1.29 is 23.8 Å². The van der Waals surface area contributed by atoms with Crippen LogP contribution < -0.4 is 10.1 Å². The molecular formula is C15H22N2O5. The lowest BCUT2D eigenvalue weighted by Gasteiger charge is -2.25. The number of methoxy groups -OCH3 is 1. The molecule has 0 heterocycles. The van der Waals surface area contributed by atoms with Gasteiger partial charge in [0.15, 0.2) is 0 Å². The van der Waals surface area contributed by atoms with Gasteiger partial charge in [-0.2, -0.15) is 0 Å². The number of amides is 2. The molecular weight excluding hydrogens is 288 g/mol. The molecule has 0 aliphatic heterocycles. The van der Waals surface area contributed by atoms with Crippen LogP contribution in [0.25, 0.3) is 0 Å². The molecule has 0 radical (unpaired) electrons. The number of benzene rings is 1. The van der Waals surface area contributed by atoms with Crippen molar-refractivity contribution in [1.82, 2.24) is 4.90 Å². The SMILES string of the molecule is CCOC(=O)C(OC)N(C)C(=O)Nc1ccccc1OCC. The van der Waals surface area contributed by atoms with Gasteiger partial charge in [0.05, 0.1) is 18.9 Å². The third kappa shape index (κ3) is 4.63. The molecule has 0 aliphatic carbocycles. The van der Waals surface area contributed by atoms with Gasteiger partial charge in [-0.25, -0.2) is 9.59 Å². The second kappa shape index (κ2) is 8.89. The van der Waals surface area contributed by atoms with Gasteiger partial charge >= 0.3 is 12.0 Å². The molecule has 2 amide bonds. The van der Waals surface area contributed by atoms with Crippen molar-refractivity contribution in [3.05, 3.63) is 24.3 Å². The predicted molar refractivity (Wildman–Crippen MR) is 81.8 cm³/mol. The van der Waals surface area contributed by atoms with Gasteiger partial charge in [-0.3, -0.25) is 4.90 Å². The standard InChI is InChI=1S/C15H22N2O5/c1-5-21-12-10-8-7-9-11(12)16-15(19)17(3)13(20-4)14(18)22-6-2/h7-10,13H,5-6H2,1-4H3,(H,16,19). The maximum atomic E-state index is 12.2. The number of rotatable bonds is 7. The van der Waals surface area contributed by atoms with Gasteiger partial charge in [-0.05, 0) is 26.0 Å². The number of hydrogen-bond donors (Lipinski definition) is 1. The first-order valence-corrected chi connectivity index (χ1v) is 7.00. The fraction of sp³-hybridized carbons (Fsp3) is 0.467. The highest BCUT2D eigenvalue weighted by molar-refractivity contribution is 5.93. The third-order valence-electron chi connectivity index (χ3n) is 2.81. The van der Waals surface area contributed by atoms with Crippen LogP contribution in [0.2, 0.25) is 0 Å². The smallest absolute Gasteiger partial charge is 0.356 e. The van der Waals surface area contributed by atoms with E-state index in [1.807, 2.05) is 6.92 Å². The summed E-state index contributed by atoms with van der Waals surface area (Å²) in [5.41, 5.74) is 0.514. The Morgan fingerprint density at radius 2 is 1.91 bits per heavy atom. The van der Waals surface area contributed by atoms with Gasteiger partial charge in [0.2, 0.25) is 6.23 Å². The molecule has 1 N–H and O–H groups in total. The molecule has 0 fully saturated rings. The van der Waals surface area contributed by atoms with Gasteiger partial charge in [0, 0.05) is 14.2 Å². The number of hydrogen-bond acceptors (Lipinski definition) is 5. The van der Waals surface area contributed by atoms with Crippen molar-refractivity contribution in [3.8, 4) is 5.75 Å². The predicted octanol–water partition coefficient (Wildman–Crippen LogP) is 2.08. The highest BCUT2D eigenvalue weighted by Gasteiger charge is 2.28. The van der Waals surface area contributed by atoms with Crippen LogP contribution in [0.5, 0.6) is 5.75 Å². The number of ether oxygens (including phenoxy) is 3. The molecule has 7 nitrogen and oxygen atoms in total. The molecule has 1 aromatic rings. The van der Waals surface area contributed by atoms with Crippen molar-refractivity contribution in [3.63, 3.8) is 0 Å². The van der Waals surface area contributed by atoms with E-state index in [-0.39, 0.29) is 6.61 Å². The van der Waals surface area contributed by atoms with E-state index in [1.54, 1.807) is 31.2 Å². The zero-order valence-corrected chi connectivity index (χ0v) is 13.3. The number of nitrogens with zero attached hydrogens (tertiary/aromatic N) is 1. The highest BCUT2D eigenvalue weighted by atomic mass is 16.6. The van der Waals surface area contributed by atoms with Crippen LogP contribution in [-0.2, 0) is 14.3 Å². The summed E-state index contributed by atoms with van der Waals surface area (Å²) in [6.45, 7) is 4.23. The summed E-state index contributed by atoms with van der Waals surface area (Å²) in [5.74, 6) is -0.0717. The van der Waals surface area contributed by atoms with Gasteiger partial charge in [0.1, 0.15) is 5.75 Å². The van der Waals surface area contributed by atoms with E-state index < -0.39 is 18.2 Å². The molecule has 22 heavy (non-hydrogen) atoms. The van der Waals surface area contributed by atoms with Crippen LogP contribution in [0.3, 0.4) is 0 Å². The molecule has 1 unspecified atom stereocenters. The highest BCUT2D eigenvalue weighted by Crippen LogP contribution is 2.24. The monoisotopic (exact) mass is 310 g/mol. The Morgan fingerprint density at radius 3 is 2.50 bits per heavy atom. The quantitative estimate of drug-likeness (QED) is 0.616. The molecule has 1 atom stereocenters. The molecule has 7 heteroatoms. The van der Waals surface area contributed by atoms with Crippen molar-refractivity contribution in [2.24, 2.45) is 0 Å². The Balaban J connectivity index is 2.81. The van der Waals surface area contributed by atoms with E-state index in [0.29, 0.717) is 18.0 Å². The fourth-order valence-corrected chi connectivity index (χ4v) is 1.79. The molecule has 0 bridgehead atoms. The second-order valence-electron chi connectivity index (χ2n) is 4.31. The van der Waals surface area contributed by atoms with Crippen LogP contribution in [-0.4, -0.2) is 50.5 Å². The maximum Gasteiger partial charge on any atom is 0.356 e. The number of likely N-dealkylation sites (N-methyl/N-ethyl adjacent to an activating group) is 1. The number of carbonyl (C=O) groups is 2. The van der Waals surface area contributed by atoms with Crippen LogP contribution in [0, 0.1) is 0 Å². The first-order chi connectivity index (χ1) is 10.5. The zero-order valence-electron chi connectivity index (χ0n) is 13.3. The minimum atomic E-state index is -1.11. The minimum absolute atomic E-state index is 0.210. The molecule has 0 saturated heterocycles. The molecule has 122 valence electrons. The number of nitrogens with one attached hydrogen (secondary N) is 1. The molecule has 0 aromatic heterocycles. The normalized spacial score (nSPS) is 11.5. The zero-order chi connectivity index (χ0) is 16.5. The van der Waals surface area contributed by atoms with Gasteiger partial charge < -0.3 is 19.5 Å². The van der Waals surface area contributed by atoms with Crippen LogP contribution in [0.15, 0.2) is 24.3 Å². The molecule has 0 saturated carbocycles. The Morgan fingerprint density at radius 1 is 1.23 bits per heavy atom. The minimum Gasteiger partial charge on any atom is -0.492 e. The van der Waals surface area contributed by atoms with Crippen molar-refractivity contribution in [2.45, 2.75) is 20.1 Å². The molecule has 0 spiro atoms. The topological polar surface area (TPSA) is 77.1 Å². The van der Waals surface area contributed by atoms with Gasteiger partial charge in [0.25, 0.3) is 0 Å². The maximum absolute atomic E-state index is 12.2. The van der Waals surface area contributed by atoms with Gasteiger partial charge in [-0.15, -0.1) is 0 Å². The summed E-state index contributed by atoms with van der Waals surface area (Å²) in [5, 5.41) is 2.68. The number of esters is 1. The van der Waals surface area contributed by atoms with Crippen molar-refractivity contribution >= 4 is 17.7 Å². The third-order valence-corrected chi connectivity index (χ3v) is 2.81. The fourth-order valence-electron chi connectivity index (χ4n) is 1.79. The number of urea groups is 1. The largest absolute Gasteiger partial charge is 0.492 e. The lowest BCUT2D eigenvalue weighted by atomic mass is 10.3. The summed E-state index contributed by atoms with van der Waals surface area (Å²) in [7, 11) is 2.78. The van der Waals surface area contributed by atoms with Crippen molar-refractivity contribution in [2.75, 3.05) is 32.7 Å². The van der Waals surface area contributed by atoms with Crippen LogP contribution >= 0.6 is 0 Å². The lowest BCUT2D eigenvalue weighted by molar-refractivity contribution is -0.162. The van der Waals surface area contributed by atoms with Crippen LogP contribution in [0.4, 0.5) is 10.5 Å². The summed E-state index contributed by atoms with van der Waals surface area (Å²) in [4.78, 5) is 25.1. The van der Waals surface area contributed by atoms with E-state index in [0.717, 1.165) is 4.90 Å². The summed E-state index contributed by atoms with van der Waals surface area (Å²) in [6.07, 6.45) is -1.11. The van der Waals surface area contributed by atoms with Crippen LogP contribution in [0.1, 0.15) is 13.8 Å². The molecule has 0 aliphatic rings. The average molecular weight is 310 g/mol. The first-order valence-electron chi connectivity index (χ1n) is 7.00. The molecule has 1 rings (SSSR count). The Hall–Kier alpha value is -2.28. The second-order valence-corrected chi connectivity index (χ2v) is 4.31. The van der Waals surface area contributed by atoms with E-state index in [2.05, 4.69) is 5.32 Å². The van der Waals surface area contributed by atoms with E-state index >= 15 is 0 Å². The molecule has 1 aromatic carbocycles. The average Bonchev–Trinajstić information content (AvgIpc) is 2.50.